The lowest BCUT2D eigenvalue weighted by Crippen LogP contribution is -2.46. The first-order valence-electron chi connectivity index (χ1n) is 9.29. The van der Waals surface area contributed by atoms with E-state index in [1.54, 1.807) is 0 Å². The van der Waals surface area contributed by atoms with E-state index in [4.69, 9.17) is 5.73 Å². The zero-order valence-corrected chi connectivity index (χ0v) is 16.6. The van der Waals surface area contributed by atoms with Crippen molar-refractivity contribution in [3.05, 3.63) is 40.9 Å². The average Bonchev–Trinajstić information content (AvgIpc) is 3.13. The molecule has 3 rings (SSSR count). The molecule has 27 heavy (non-hydrogen) atoms. The van der Waals surface area contributed by atoms with E-state index >= 15 is 0 Å². The van der Waals surface area contributed by atoms with Crippen molar-refractivity contribution in [1.82, 2.24) is 15.2 Å². The fraction of sp³-hybridized carbons (Fsp3) is 0.450. The highest BCUT2D eigenvalue weighted by Crippen LogP contribution is 2.26. The predicted octanol–water partition coefficient (Wildman–Crippen LogP) is 2.61. The number of aromatic nitrogens is 1. The number of rotatable bonds is 6. The summed E-state index contributed by atoms with van der Waals surface area (Å²) < 4.78 is 0. The van der Waals surface area contributed by atoms with Crippen molar-refractivity contribution in [1.29, 1.82) is 0 Å². The molecule has 1 aliphatic rings. The van der Waals surface area contributed by atoms with Gasteiger partial charge in [-0.05, 0) is 24.3 Å². The summed E-state index contributed by atoms with van der Waals surface area (Å²) in [5.74, 6) is 0.0460. The molecule has 2 aromatic rings. The van der Waals surface area contributed by atoms with Crippen molar-refractivity contribution in [2.45, 2.75) is 38.6 Å². The lowest BCUT2D eigenvalue weighted by Gasteiger charge is -2.31. The number of nitrogens with zero attached hydrogens (tertiary/aromatic N) is 2. The van der Waals surface area contributed by atoms with Gasteiger partial charge in [0.1, 0.15) is 10.7 Å². The fourth-order valence-corrected chi connectivity index (χ4v) is 4.04. The topological polar surface area (TPSA) is 88.3 Å². The van der Waals surface area contributed by atoms with Gasteiger partial charge in [0.05, 0.1) is 6.54 Å². The lowest BCUT2D eigenvalue weighted by molar-refractivity contribution is -0.119. The normalized spacial score (nSPS) is 15.8. The van der Waals surface area contributed by atoms with Crippen LogP contribution in [0.5, 0.6) is 0 Å². The average molecular weight is 387 g/mol. The molecule has 3 N–H and O–H groups in total. The Morgan fingerprint density at radius 1 is 1.26 bits per heavy atom. The molecule has 1 aromatic carbocycles. The maximum atomic E-state index is 12.5. The zero-order valence-electron chi connectivity index (χ0n) is 15.8. The molecule has 144 valence electrons. The quantitative estimate of drug-likeness (QED) is 0.799. The van der Waals surface area contributed by atoms with E-state index in [1.807, 2.05) is 10.3 Å². The first kappa shape index (κ1) is 19.5. The molecule has 1 aliphatic heterocycles. The summed E-state index contributed by atoms with van der Waals surface area (Å²) in [6.07, 6.45) is 1.62. The summed E-state index contributed by atoms with van der Waals surface area (Å²) in [5, 5.41) is 5.72. The van der Waals surface area contributed by atoms with Crippen molar-refractivity contribution in [3.8, 4) is 10.6 Å². The molecule has 6 nitrogen and oxygen atoms in total. The smallest absolute Gasteiger partial charge is 0.270 e. The Morgan fingerprint density at radius 2 is 1.93 bits per heavy atom. The van der Waals surface area contributed by atoms with Crippen molar-refractivity contribution in [3.63, 3.8) is 0 Å². The highest BCUT2D eigenvalue weighted by molar-refractivity contribution is 7.13. The number of primary amides is 1. The number of benzene rings is 1. The van der Waals surface area contributed by atoms with Crippen LogP contribution in [-0.4, -0.2) is 47.4 Å². The summed E-state index contributed by atoms with van der Waals surface area (Å²) in [4.78, 5) is 30.0. The van der Waals surface area contributed by atoms with Gasteiger partial charge in [-0.15, -0.1) is 11.3 Å². The molecule has 1 aromatic heterocycles. The molecule has 2 amide bonds. The maximum Gasteiger partial charge on any atom is 0.270 e. The Bertz CT molecular complexity index is 793. The second kappa shape index (κ2) is 8.63. The van der Waals surface area contributed by atoms with Crippen LogP contribution in [0, 0.1) is 0 Å². The van der Waals surface area contributed by atoms with E-state index < -0.39 is 0 Å². The number of piperidine rings is 1. The van der Waals surface area contributed by atoms with Crippen LogP contribution in [0.1, 0.15) is 48.7 Å². The van der Waals surface area contributed by atoms with E-state index in [1.165, 1.54) is 16.9 Å². The number of carbonyl (C=O) groups excluding carboxylic acids is 2. The van der Waals surface area contributed by atoms with Gasteiger partial charge in [-0.3, -0.25) is 14.5 Å². The Kier molecular flexibility index (Phi) is 6.23. The molecule has 0 saturated carbocycles. The molecule has 0 bridgehead atoms. The van der Waals surface area contributed by atoms with E-state index in [0.29, 0.717) is 11.6 Å². The van der Waals surface area contributed by atoms with Gasteiger partial charge in [0.25, 0.3) is 5.91 Å². The molecule has 0 radical (unpaired) electrons. The minimum absolute atomic E-state index is 0.108. The van der Waals surface area contributed by atoms with Crippen LogP contribution >= 0.6 is 11.3 Å². The highest BCUT2D eigenvalue weighted by atomic mass is 32.1. The summed E-state index contributed by atoms with van der Waals surface area (Å²) in [7, 11) is 0. The molecule has 7 heteroatoms. The monoisotopic (exact) mass is 386 g/mol. The molecular formula is C20H26N4O2S. The van der Waals surface area contributed by atoms with E-state index in [0.717, 1.165) is 36.5 Å². The maximum absolute atomic E-state index is 12.5. The largest absolute Gasteiger partial charge is 0.369 e. The minimum Gasteiger partial charge on any atom is -0.369 e. The molecular weight excluding hydrogens is 360 g/mol. The third-order valence-corrected chi connectivity index (χ3v) is 5.75. The van der Waals surface area contributed by atoms with Gasteiger partial charge < -0.3 is 11.1 Å². The number of nitrogens with one attached hydrogen (secondary N) is 1. The highest BCUT2D eigenvalue weighted by Gasteiger charge is 2.23. The lowest BCUT2D eigenvalue weighted by atomic mass is 10.0. The molecule has 2 heterocycles. The van der Waals surface area contributed by atoms with Gasteiger partial charge in [-0.25, -0.2) is 4.98 Å². The number of carbonyl (C=O) groups is 2. The van der Waals surface area contributed by atoms with Crippen LogP contribution in [0.25, 0.3) is 10.6 Å². The number of nitrogens with two attached hydrogens (primary N) is 1. The van der Waals surface area contributed by atoms with Gasteiger partial charge in [-0.1, -0.05) is 38.1 Å². The molecule has 1 fully saturated rings. The van der Waals surface area contributed by atoms with E-state index in [2.05, 4.69) is 48.4 Å². The first-order chi connectivity index (χ1) is 12.9. The molecule has 0 unspecified atom stereocenters. The van der Waals surface area contributed by atoms with Crippen molar-refractivity contribution in [2.24, 2.45) is 5.73 Å². The SMILES string of the molecule is CC(C)c1ccc(-c2nc(C(=O)NC3CCN(CC(N)=O)CC3)cs2)cc1. The van der Waals surface area contributed by atoms with Crippen molar-refractivity contribution < 1.29 is 9.59 Å². The number of amides is 2. The summed E-state index contributed by atoms with van der Waals surface area (Å²) >= 11 is 1.48. The van der Waals surface area contributed by atoms with Gasteiger partial charge in [0, 0.05) is 30.1 Å². The number of hydrogen-bond acceptors (Lipinski definition) is 5. The van der Waals surface area contributed by atoms with Crippen LogP contribution in [0.2, 0.25) is 0 Å². The Morgan fingerprint density at radius 3 is 2.52 bits per heavy atom. The molecule has 0 aliphatic carbocycles. The van der Waals surface area contributed by atoms with Crippen LogP contribution in [0.4, 0.5) is 0 Å². The van der Waals surface area contributed by atoms with Gasteiger partial charge >= 0.3 is 0 Å². The Hall–Kier alpha value is -2.25. The van der Waals surface area contributed by atoms with Crippen LogP contribution < -0.4 is 11.1 Å². The van der Waals surface area contributed by atoms with Gasteiger partial charge in [0.15, 0.2) is 0 Å². The summed E-state index contributed by atoms with van der Waals surface area (Å²) in [5.41, 5.74) is 8.01. The van der Waals surface area contributed by atoms with Crippen molar-refractivity contribution in [2.75, 3.05) is 19.6 Å². The number of likely N-dealkylation sites (tertiary alicyclic amines) is 1. The van der Waals surface area contributed by atoms with Crippen LogP contribution in [-0.2, 0) is 4.79 Å². The third kappa shape index (κ3) is 5.14. The summed E-state index contributed by atoms with van der Waals surface area (Å²) in [6, 6.07) is 8.45. The molecule has 0 atom stereocenters. The zero-order chi connectivity index (χ0) is 19.4. The third-order valence-electron chi connectivity index (χ3n) is 4.86. The van der Waals surface area contributed by atoms with Gasteiger partial charge in [-0.2, -0.15) is 0 Å². The fourth-order valence-electron chi connectivity index (χ4n) is 3.24. The van der Waals surface area contributed by atoms with Crippen LogP contribution in [0.3, 0.4) is 0 Å². The number of thiazole rings is 1. The van der Waals surface area contributed by atoms with E-state index in [9.17, 15) is 9.59 Å². The second-order valence-corrected chi connectivity index (χ2v) is 8.16. The number of hydrogen-bond donors (Lipinski definition) is 2. The van der Waals surface area contributed by atoms with Gasteiger partial charge in [0.2, 0.25) is 5.91 Å². The Labute approximate surface area is 163 Å². The first-order valence-corrected chi connectivity index (χ1v) is 10.2. The standard InChI is InChI=1S/C20H26N4O2S/c1-13(2)14-3-5-15(6-4-14)20-23-17(12-27-20)19(26)22-16-7-9-24(10-8-16)11-18(21)25/h3-6,12-13,16H,7-11H2,1-2H3,(H2,21,25)(H,22,26). The Balaban J connectivity index is 1.56. The van der Waals surface area contributed by atoms with Crippen molar-refractivity contribution >= 4 is 23.2 Å². The predicted molar refractivity (Wildman–Crippen MR) is 108 cm³/mol. The second-order valence-electron chi connectivity index (χ2n) is 7.30. The minimum atomic E-state index is -0.311. The molecule has 0 spiro atoms. The summed E-state index contributed by atoms with van der Waals surface area (Å²) in [6.45, 7) is 6.14. The van der Waals surface area contributed by atoms with Crippen LogP contribution in [0.15, 0.2) is 29.6 Å². The van der Waals surface area contributed by atoms with E-state index in [-0.39, 0.29) is 24.4 Å². The molecule has 1 saturated heterocycles.